The van der Waals surface area contributed by atoms with Crippen LogP contribution in [0.25, 0.3) is 0 Å². The predicted octanol–water partition coefficient (Wildman–Crippen LogP) is 3.49. The smallest absolute Gasteiger partial charge is 0.164 e. The van der Waals surface area contributed by atoms with Gasteiger partial charge in [0.1, 0.15) is 13.2 Å². The van der Waals surface area contributed by atoms with E-state index in [1.807, 2.05) is 6.07 Å². The van der Waals surface area contributed by atoms with Crippen molar-refractivity contribution in [3.8, 4) is 11.5 Å². The van der Waals surface area contributed by atoms with Gasteiger partial charge < -0.3 is 14.8 Å². The Bertz CT molecular complexity index is 470. The maximum absolute atomic E-state index is 6.50. The molecule has 2 heterocycles. The summed E-state index contributed by atoms with van der Waals surface area (Å²) in [6.07, 6.45) is 4.57. The van der Waals surface area contributed by atoms with Gasteiger partial charge in [-0.2, -0.15) is 0 Å². The number of fused-ring (bicyclic) bond motifs is 1. The Morgan fingerprint density at radius 1 is 1.32 bits per heavy atom. The van der Waals surface area contributed by atoms with Crippen LogP contribution in [-0.4, -0.2) is 19.8 Å². The third kappa shape index (κ3) is 2.41. The molecule has 0 spiro atoms. The van der Waals surface area contributed by atoms with Crippen molar-refractivity contribution >= 4 is 11.6 Å². The highest BCUT2D eigenvalue weighted by atomic mass is 35.5. The zero-order valence-corrected chi connectivity index (χ0v) is 12.1. The number of rotatable bonds is 2. The van der Waals surface area contributed by atoms with Crippen LogP contribution in [0.3, 0.4) is 0 Å². The van der Waals surface area contributed by atoms with E-state index in [1.54, 1.807) is 0 Å². The van der Waals surface area contributed by atoms with E-state index in [1.165, 1.54) is 24.0 Å². The molecule has 0 radical (unpaired) electrons. The molecule has 1 N–H and O–H groups in total. The number of nitrogens with one attached hydrogen (secondary N) is 1. The van der Waals surface area contributed by atoms with E-state index in [9.17, 15) is 0 Å². The minimum Gasteiger partial charge on any atom is -0.486 e. The second-order valence-corrected chi connectivity index (χ2v) is 5.54. The van der Waals surface area contributed by atoms with E-state index >= 15 is 0 Å². The van der Waals surface area contributed by atoms with E-state index in [2.05, 4.69) is 12.2 Å². The lowest BCUT2D eigenvalue weighted by molar-refractivity contribution is 0.169. The summed E-state index contributed by atoms with van der Waals surface area (Å²) in [5.41, 5.74) is 2.43. The Hall–Kier alpha value is -0.930. The average molecular weight is 282 g/mol. The van der Waals surface area contributed by atoms with Crippen molar-refractivity contribution in [2.45, 2.75) is 38.6 Å². The van der Waals surface area contributed by atoms with Crippen molar-refractivity contribution in [1.29, 1.82) is 0 Å². The molecule has 0 bridgehead atoms. The van der Waals surface area contributed by atoms with Gasteiger partial charge in [0.25, 0.3) is 0 Å². The van der Waals surface area contributed by atoms with Gasteiger partial charge in [-0.25, -0.2) is 0 Å². The summed E-state index contributed by atoms with van der Waals surface area (Å²) in [5.74, 6) is 1.70. The van der Waals surface area contributed by atoms with Crippen LogP contribution >= 0.6 is 11.6 Å². The third-order valence-electron chi connectivity index (χ3n) is 3.94. The normalized spacial score (nSPS) is 22.3. The van der Waals surface area contributed by atoms with Gasteiger partial charge in [0.05, 0.1) is 0 Å². The van der Waals surface area contributed by atoms with Crippen molar-refractivity contribution in [3.63, 3.8) is 0 Å². The molecule has 1 atom stereocenters. The topological polar surface area (TPSA) is 30.5 Å². The molecule has 1 aromatic rings. The molecule has 1 aromatic carbocycles. The molecule has 0 amide bonds. The van der Waals surface area contributed by atoms with Gasteiger partial charge >= 0.3 is 0 Å². The van der Waals surface area contributed by atoms with E-state index in [0.717, 1.165) is 35.9 Å². The molecular weight excluding hydrogens is 262 g/mol. The van der Waals surface area contributed by atoms with Crippen LogP contribution in [0.5, 0.6) is 11.5 Å². The van der Waals surface area contributed by atoms with Crippen molar-refractivity contribution < 1.29 is 9.47 Å². The van der Waals surface area contributed by atoms with Gasteiger partial charge in [0.2, 0.25) is 0 Å². The molecule has 0 saturated carbocycles. The van der Waals surface area contributed by atoms with Gasteiger partial charge in [-0.1, -0.05) is 24.9 Å². The van der Waals surface area contributed by atoms with E-state index in [4.69, 9.17) is 21.1 Å². The maximum atomic E-state index is 6.50. The van der Waals surface area contributed by atoms with Crippen LogP contribution in [0.1, 0.15) is 43.4 Å². The summed E-state index contributed by atoms with van der Waals surface area (Å²) in [5, 5.41) is 4.38. The molecule has 19 heavy (non-hydrogen) atoms. The summed E-state index contributed by atoms with van der Waals surface area (Å²) < 4.78 is 11.5. The highest BCUT2D eigenvalue weighted by molar-refractivity contribution is 6.31. The van der Waals surface area contributed by atoms with Crippen LogP contribution in [0, 0.1) is 0 Å². The first-order chi connectivity index (χ1) is 9.31. The lowest BCUT2D eigenvalue weighted by Gasteiger charge is -2.30. The second kappa shape index (κ2) is 5.59. The number of piperidine rings is 1. The molecule has 0 aliphatic carbocycles. The lowest BCUT2D eigenvalue weighted by atomic mass is 9.91. The van der Waals surface area contributed by atoms with Crippen LogP contribution in [0.2, 0.25) is 5.02 Å². The number of hydrogen-bond acceptors (Lipinski definition) is 3. The van der Waals surface area contributed by atoms with Crippen LogP contribution in [-0.2, 0) is 6.42 Å². The number of halogens is 1. The van der Waals surface area contributed by atoms with Gasteiger partial charge in [0, 0.05) is 22.7 Å². The Morgan fingerprint density at radius 2 is 2.16 bits per heavy atom. The Kier molecular flexibility index (Phi) is 3.85. The maximum Gasteiger partial charge on any atom is 0.164 e. The molecule has 1 unspecified atom stereocenters. The molecule has 0 aromatic heterocycles. The predicted molar refractivity (Wildman–Crippen MR) is 76.4 cm³/mol. The molecule has 3 nitrogen and oxygen atoms in total. The van der Waals surface area contributed by atoms with Crippen LogP contribution in [0.4, 0.5) is 0 Å². The summed E-state index contributed by atoms with van der Waals surface area (Å²) in [4.78, 5) is 0. The van der Waals surface area contributed by atoms with Crippen LogP contribution in [0.15, 0.2) is 6.07 Å². The summed E-state index contributed by atoms with van der Waals surface area (Å²) >= 11 is 6.50. The van der Waals surface area contributed by atoms with E-state index in [-0.39, 0.29) is 0 Å². The summed E-state index contributed by atoms with van der Waals surface area (Å²) in [6.45, 7) is 4.45. The monoisotopic (exact) mass is 281 g/mol. The standard InChI is InChI=1S/C15H20ClNO2/c1-2-10-14(12-5-3-4-6-17-12)11(16)9-13-15(10)19-8-7-18-13/h9,12,17H,2-8H2,1H3. The highest BCUT2D eigenvalue weighted by Gasteiger charge is 2.26. The number of benzene rings is 1. The van der Waals surface area contributed by atoms with E-state index in [0.29, 0.717) is 19.3 Å². The fourth-order valence-corrected chi connectivity index (χ4v) is 3.41. The zero-order valence-electron chi connectivity index (χ0n) is 11.3. The van der Waals surface area contributed by atoms with E-state index < -0.39 is 0 Å². The highest BCUT2D eigenvalue weighted by Crippen LogP contribution is 2.43. The zero-order chi connectivity index (χ0) is 13.2. The minimum absolute atomic E-state index is 0.354. The third-order valence-corrected chi connectivity index (χ3v) is 4.25. The van der Waals surface area contributed by atoms with Gasteiger partial charge in [-0.05, 0) is 31.4 Å². The molecule has 1 fully saturated rings. The molecule has 2 aliphatic heterocycles. The summed E-state index contributed by atoms with van der Waals surface area (Å²) in [6, 6.07) is 2.27. The first kappa shape index (κ1) is 13.1. The van der Waals surface area contributed by atoms with Gasteiger partial charge in [-0.3, -0.25) is 0 Å². The molecule has 2 aliphatic rings. The van der Waals surface area contributed by atoms with Crippen LogP contribution < -0.4 is 14.8 Å². The van der Waals surface area contributed by atoms with Gasteiger partial charge in [-0.15, -0.1) is 0 Å². The fourth-order valence-electron chi connectivity index (χ4n) is 3.06. The Balaban J connectivity index is 2.06. The first-order valence-corrected chi connectivity index (χ1v) is 7.53. The Morgan fingerprint density at radius 3 is 2.89 bits per heavy atom. The second-order valence-electron chi connectivity index (χ2n) is 5.13. The molecule has 3 rings (SSSR count). The fraction of sp³-hybridized carbons (Fsp3) is 0.600. The van der Waals surface area contributed by atoms with Crippen molar-refractivity contribution in [2.24, 2.45) is 0 Å². The average Bonchev–Trinajstić information content (AvgIpc) is 2.46. The van der Waals surface area contributed by atoms with Crippen molar-refractivity contribution in [1.82, 2.24) is 5.32 Å². The number of ether oxygens (including phenoxy) is 2. The molecular formula is C15H20ClNO2. The quantitative estimate of drug-likeness (QED) is 0.900. The molecule has 4 heteroatoms. The molecule has 1 saturated heterocycles. The first-order valence-electron chi connectivity index (χ1n) is 7.15. The minimum atomic E-state index is 0.354. The molecule has 104 valence electrons. The van der Waals surface area contributed by atoms with Gasteiger partial charge in [0.15, 0.2) is 11.5 Å². The summed E-state index contributed by atoms with van der Waals surface area (Å²) in [7, 11) is 0. The largest absolute Gasteiger partial charge is 0.486 e. The Labute approximate surface area is 119 Å². The SMILES string of the molecule is CCc1c2c(cc(Cl)c1C1CCCCN1)OCCO2. The van der Waals surface area contributed by atoms with Crippen molar-refractivity contribution in [3.05, 3.63) is 22.2 Å². The number of hydrogen-bond donors (Lipinski definition) is 1. The lowest BCUT2D eigenvalue weighted by Crippen LogP contribution is -2.28. The van der Waals surface area contributed by atoms with Crippen molar-refractivity contribution in [2.75, 3.05) is 19.8 Å².